The van der Waals surface area contributed by atoms with Gasteiger partial charge in [-0.2, -0.15) is 0 Å². The highest BCUT2D eigenvalue weighted by molar-refractivity contribution is 9.10. The van der Waals surface area contributed by atoms with Crippen molar-refractivity contribution in [1.82, 2.24) is 4.90 Å². The Morgan fingerprint density at radius 2 is 1.88 bits per heavy atom. The van der Waals surface area contributed by atoms with Crippen LogP contribution in [0.2, 0.25) is 0 Å². The van der Waals surface area contributed by atoms with Crippen LogP contribution in [-0.4, -0.2) is 29.2 Å². The van der Waals surface area contributed by atoms with E-state index in [4.69, 9.17) is 0 Å². The largest absolute Gasteiger partial charge is 0.342 e. The molecule has 1 amide bonds. The van der Waals surface area contributed by atoms with Gasteiger partial charge in [0.15, 0.2) is 0 Å². The first-order valence-corrected chi connectivity index (χ1v) is 7.67. The van der Waals surface area contributed by atoms with Gasteiger partial charge in [0.1, 0.15) is 0 Å². The van der Waals surface area contributed by atoms with Crippen LogP contribution in [0.5, 0.6) is 0 Å². The molecule has 1 rings (SSSR count). The van der Waals surface area contributed by atoms with E-state index < -0.39 is 0 Å². The van der Waals surface area contributed by atoms with E-state index in [0.717, 1.165) is 34.9 Å². The number of amides is 1. The first-order valence-electron chi connectivity index (χ1n) is 5.75. The highest BCUT2D eigenvalue weighted by Gasteiger charge is 2.12. The van der Waals surface area contributed by atoms with Crippen LogP contribution in [0.25, 0.3) is 0 Å². The zero-order valence-electron chi connectivity index (χ0n) is 9.96. The second-order valence-electron chi connectivity index (χ2n) is 3.87. The van der Waals surface area contributed by atoms with Gasteiger partial charge in [-0.1, -0.05) is 50.9 Å². The number of rotatable bonds is 6. The molecule has 0 spiro atoms. The van der Waals surface area contributed by atoms with Crippen molar-refractivity contribution in [1.29, 1.82) is 0 Å². The molecule has 0 aliphatic carbocycles. The Hall–Kier alpha value is -0.350. The number of nitrogens with zero attached hydrogens (tertiary/aromatic N) is 1. The summed E-state index contributed by atoms with van der Waals surface area (Å²) in [4.78, 5) is 14.0. The van der Waals surface area contributed by atoms with Crippen molar-refractivity contribution in [2.24, 2.45) is 0 Å². The predicted molar refractivity (Wildman–Crippen MR) is 78.5 cm³/mol. The molecule has 0 aliphatic heterocycles. The van der Waals surface area contributed by atoms with Crippen LogP contribution in [0.4, 0.5) is 0 Å². The zero-order valence-corrected chi connectivity index (χ0v) is 13.1. The average molecular weight is 363 g/mol. The molecule has 4 heteroatoms. The van der Waals surface area contributed by atoms with Gasteiger partial charge in [0.05, 0.1) is 6.42 Å². The molecule has 0 fully saturated rings. The fourth-order valence-corrected chi connectivity index (χ4v) is 2.31. The Labute approximate surface area is 120 Å². The summed E-state index contributed by atoms with van der Waals surface area (Å²) in [5.74, 6) is 0.202. The van der Waals surface area contributed by atoms with Crippen molar-refractivity contribution >= 4 is 37.8 Å². The number of halogens is 2. The van der Waals surface area contributed by atoms with Crippen molar-refractivity contribution in [2.45, 2.75) is 19.8 Å². The lowest BCUT2D eigenvalue weighted by atomic mass is 10.1. The van der Waals surface area contributed by atoms with Gasteiger partial charge in [0.2, 0.25) is 5.91 Å². The Balaban J connectivity index is 2.59. The van der Waals surface area contributed by atoms with E-state index in [-0.39, 0.29) is 5.91 Å². The summed E-state index contributed by atoms with van der Waals surface area (Å²) >= 11 is 6.77. The number of alkyl halides is 1. The van der Waals surface area contributed by atoms with Crippen molar-refractivity contribution in [2.75, 3.05) is 18.4 Å². The quantitative estimate of drug-likeness (QED) is 0.707. The molecule has 17 heavy (non-hydrogen) atoms. The summed E-state index contributed by atoms with van der Waals surface area (Å²) in [6, 6.07) is 7.91. The van der Waals surface area contributed by atoms with E-state index in [1.807, 2.05) is 29.2 Å². The lowest BCUT2D eigenvalue weighted by Gasteiger charge is -2.21. The summed E-state index contributed by atoms with van der Waals surface area (Å²) in [5.41, 5.74) is 1.06. The van der Waals surface area contributed by atoms with Gasteiger partial charge in [0, 0.05) is 22.9 Å². The summed E-state index contributed by atoms with van der Waals surface area (Å²) < 4.78 is 1.04. The van der Waals surface area contributed by atoms with Gasteiger partial charge in [-0.15, -0.1) is 0 Å². The van der Waals surface area contributed by atoms with E-state index in [1.165, 1.54) is 0 Å². The molecule has 1 aromatic rings. The number of benzene rings is 1. The molecule has 0 unspecified atom stereocenters. The maximum absolute atomic E-state index is 12.1. The van der Waals surface area contributed by atoms with Gasteiger partial charge < -0.3 is 4.90 Å². The SMILES string of the molecule is CCCN(CCBr)C(=O)Cc1ccc(Br)cc1. The molecule has 0 atom stereocenters. The fraction of sp³-hybridized carbons (Fsp3) is 0.462. The first-order chi connectivity index (χ1) is 8.17. The van der Waals surface area contributed by atoms with E-state index in [1.54, 1.807) is 0 Å². The first kappa shape index (κ1) is 14.7. The second-order valence-corrected chi connectivity index (χ2v) is 5.58. The number of hydrogen-bond acceptors (Lipinski definition) is 1. The number of hydrogen-bond donors (Lipinski definition) is 0. The minimum absolute atomic E-state index is 0.202. The predicted octanol–water partition coefficient (Wildman–Crippen LogP) is 3.63. The summed E-state index contributed by atoms with van der Waals surface area (Å²) in [7, 11) is 0. The van der Waals surface area contributed by atoms with Crippen molar-refractivity contribution < 1.29 is 4.79 Å². The van der Waals surface area contributed by atoms with Crippen molar-refractivity contribution in [3.05, 3.63) is 34.3 Å². The van der Waals surface area contributed by atoms with Crippen LogP contribution >= 0.6 is 31.9 Å². The number of carbonyl (C=O) groups excluding carboxylic acids is 1. The minimum atomic E-state index is 0.202. The minimum Gasteiger partial charge on any atom is -0.342 e. The maximum atomic E-state index is 12.1. The molecular weight excluding hydrogens is 346 g/mol. The molecule has 0 saturated heterocycles. The standard InChI is InChI=1S/C13H17Br2NO/c1-2-8-16(9-7-14)13(17)10-11-3-5-12(15)6-4-11/h3-6H,2,7-10H2,1H3. The number of carbonyl (C=O) groups is 1. The third-order valence-electron chi connectivity index (χ3n) is 2.47. The van der Waals surface area contributed by atoms with E-state index in [2.05, 4.69) is 38.8 Å². The maximum Gasteiger partial charge on any atom is 0.227 e. The molecule has 0 saturated carbocycles. The Kier molecular flexibility index (Phi) is 6.82. The molecule has 1 aromatic carbocycles. The van der Waals surface area contributed by atoms with Crippen LogP contribution < -0.4 is 0 Å². The highest BCUT2D eigenvalue weighted by atomic mass is 79.9. The Morgan fingerprint density at radius 3 is 2.41 bits per heavy atom. The van der Waals surface area contributed by atoms with Crippen molar-refractivity contribution in [3.8, 4) is 0 Å². The third-order valence-corrected chi connectivity index (χ3v) is 3.35. The molecular formula is C13H17Br2NO. The lowest BCUT2D eigenvalue weighted by Crippen LogP contribution is -2.34. The van der Waals surface area contributed by atoms with E-state index in [0.29, 0.717) is 6.42 Å². The molecule has 0 N–H and O–H groups in total. The van der Waals surface area contributed by atoms with Gasteiger partial charge in [-0.25, -0.2) is 0 Å². The molecule has 94 valence electrons. The third kappa shape index (κ3) is 5.21. The molecule has 0 bridgehead atoms. The summed E-state index contributed by atoms with van der Waals surface area (Å²) in [5, 5.41) is 0.832. The molecule has 0 heterocycles. The molecule has 0 aromatic heterocycles. The van der Waals surface area contributed by atoms with Gasteiger partial charge >= 0.3 is 0 Å². The van der Waals surface area contributed by atoms with Gasteiger partial charge in [0.25, 0.3) is 0 Å². The van der Waals surface area contributed by atoms with E-state index >= 15 is 0 Å². The molecule has 2 nitrogen and oxygen atoms in total. The van der Waals surface area contributed by atoms with Gasteiger partial charge in [-0.3, -0.25) is 4.79 Å². The zero-order chi connectivity index (χ0) is 12.7. The summed E-state index contributed by atoms with van der Waals surface area (Å²) in [6.45, 7) is 3.71. The Morgan fingerprint density at radius 1 is 1.24 bits per heavy atom. The van der Waals surface area contributed by atoms with E-state index in [9.17, 15) is 4.79 Å². The molecule has 0 radical (unpaired) electrons. The van der Waals surface area contributed by atoms with Crippen LogP contribution in [0.15, 0.2) is 28.7 Å². The average Bonchev–Trinajstić information content (AvgIpc) is 2.32. The fourth-order valence-electron chi connectivity index (χ4n) is 1.62. The second kappa shape index (κ2) is 7.88. The lowest BCUT2D eigenvalue weighted by molar-refractivity contribution is -0.130. The van der Waals surface area contributed by atoms with Gasteiger partial charge in [-0.05, 0) is 24.1 Å². The highest BCUT2D eigenvalue weighted by Crippen LogP contribution is 2.11. The smallest absolute Gasteiger partial charge is 0.227 e. The topological polar surface area (TPSA) is 20.3 Å². The molecule has 0 aliphatic rings. The summed E-state index contributed by atoms with van der Waals surface area (Å²) in [6.07, 6.45) is 1.49. The van der Waals surface area contributed by atoms with Crippen LogP contribution in [0.3, 0.4) is 0 Å². The van der Waals surface area contributed by atoms with Crippen LogP contribution in [0, 0.1) is 0 Å². The van der Waals surface area contributed by atoms with Crippen LogP contribution in [-0.2, 0) is 11.2 Å². The van der Waals surface area contributed by atoms with Crippen LogP contribution in [0.1, 0.15) is 18.9 Å². The van der Waals surface area contributed by atoms with Crippen molar-refractivity contribution in [3.63, 3.8) is 0 Å². The Bertz CT molecular complexity index is 345. The monoisotopic (exact) mass is 361 g/mol. The normalized spacial score (nSPS) is 10.3.